The Morgan fingerprint density at radius 3 is 2.93 bits per heavy atom. The number of nitrogens with zero attached hydrogens (tertiary/aromatic N) is 2. The fourth-order valence-corrected chi connectivity index (χ4v) is 1.83. The molecule has 4 heteroatoms. The molecule has 1 saturated carbocycles. The molecule has 0 spiro atoms. The van der Waals surface area contributed by atoms with E-state index in [1.807, 2.05) is 6.92 Å². The van der Waals surface area contributed by atoms with Gasteiger partial charge < -0.3 is 10.6 Å². The first-order valence-electron chi connectivity index (χ1n) is 5.16. The second-order valence-electron chi connectivity index (χ2n) is 4.07. The monoisotopic (exact) mass is 190 g/mol. The molecule has 0 atom stereocenters. The van der Waals surface area contributed by atoms with Crippen molar-refractivity contribution < 1.29 is 0 Å². The van der Waals surface area contributed by atoms with Gasteiger partial charge in [0.25, 0.3) is 0 Å². The van der Waals surface area contributed by atoms with Gasteiger partial charge in [-0.1, -0.05) is 0 Å². The van der Waals surface area contributed by atoms with E-state index in [1.165, 1.54) is 24.1 Å². The molecule has 3 rings (SSSR count). The van der Waals surface area contributed by atoms with Crippen LogP contribution in [0.5, 0.6) is 0 Å². The van der Waals surface area contributed by atoms with Crippen molar-refractivity contribution in [3.8, 4) is 0 Å². The average molecular weight is 190 g/mol. The van der Waals surface area contributed by atoms with Crippen LogP contribution in [0, 0.1) is 6.92 Å². The van der Waals surface area contributed by atoms with Crippen molar-refractivity contribution in [1.29, 1.82) is 0 Å². The lowest BCUT2D eigenvalue weighted by Gasteiger charge is -2.09. The van der Waals surface area contributed by atoms with Gasteiger partial charge in [-0.2, -0.15) is 0 Å². The van der Waals surface area contributed by atoms with Crippen LogP contribution in [0.2, 0.25) is 0 Å². The van der Waals surface area contributed by atoms with Crippen molar-refractivity contribution >= 4 is 5.82 Å². The lowest BCUT2D eigenvalue weighted by atomic mass is 10.2. The predicted octanol–water partition coefficient (Wildman–Crippen LogP) is 0.963. The molecule has 74 valence electrons. The summed E-state index contributed by atoms with van der Waals surface area (Å²) in [5, 5.41) is 6.77. The van der Waals surface area contributed by atoms with Gasteiger partial charge in [-0.05, 0) is 19.8 Å². The van der Waals surface area contributed by atoms with Gasteiger partial charge in [-0.15, -0.1) is 0 Å². The van der Waals surface area contributed by atoms with Gasteiger partial charge in [-0.3, -0.25) is 0 Å². The van der Waals surface area contributed by atoms with Crippen molar-refractivity contribution in [2.45, 2.75) is 38.9 Å². The zero-order valence-electron chi connectivity index (χ0n) is 8.30. The van der Waals surface area contributed by atoms with E-state index in [0.717, 1.165) is 24.7 Å². The third-order valence-corrected chi connectivity index (χ3v) is 2.72. The maximum absolute atomic E-state index is 4.46. The second kappa shape index (κ2) is 2.92. The highest BCUT2D eigenvalue weighted by molar-refractivity contribution is 5.49. The molecule has 0 radical (unpaired) electrons. The maximum atomic E-state index is 4.46. The van der Waals surface area contributed by atoms with Crippen LogP contribution in [0.1, 0.15) is 29.9 Å². The zero-order valence-corrected chi connectivity index (χ0v) is 8.30. The number of nitrogens with one attached hydrogen (secondary N) is 2. The normalized spacial score (nSPS) is 19.5. The number of hydrogen-bond acceptors (Lipinski definition) is 4. The summed E-state index contributed by atoms with van der Waals surface area (Å²) < 4.78 is 0. The van der Waals surface area contributed by atoms with Crippen LogP contribution in [0.15, 0.2) is 0 Å². The first-order chi connectivity index (χ1) is 6.83. The Bertz CT molecular complexity index is 371. The molecule has 2 N–H and O–H groups in total. The predicted molar refractivity (Wildman–Crippen MR) is 54.0 cm³/mol. The van der Waals surface area contributed by atoms with E-state index in [4.69, 9.17) is 0 Å². The summed E-state index contributed by atoms with van der Waals surface area (Å²) in [6.45, 7) is 3.75. The highest BCUT2D eigenvalue weighted by atomic mass is 15.1. The summed E-state index contributed by atoms with van der Waals surface area (Å²) in [5.74, 6) is 1.93. The van der Waals surface area contributed by atoms with Crippen molar-refractivity contribution in [2.75, 3.05) is 5.32 Å². The number of anilines is 1. The number of hydrogen-bond donors (Lipinski definition) is 2. The lowest BCUT2D eigenvalue weighted by Crippen LogP contribution is -2.09. The summed E-state index contributed by atoms with van der Waals surface area (Å²) in [6, 6.07) is 0.661. The maximum Gasteiger partial charge on any atom is 0.134 e. The average Bonchev–Trinajstić information content (AvgIpc) is 2.81. The third kappa shape index (κ3) is 1.35. The summed E-state index contributed by atoms with van der Waals surface area (Å²) in [5.41, 5.74) is 2.43. The van der Waals surface area contributed by atoms with E-state index in [1.54, 1.807) is 0 Å². The van der Waals surface area contributed by atoms with Gasteiger partial charge in [-0.25, -0.2) is 9.97 Å². The van der Waals surface area contributed by atoms with E-state index in [2.05, 4.69) is 20.6 Å². The molecular formula is C10H14N4. The Morgan fingerprint density at radius 2 is 2.14 bits per heavy atom. The largest absolute Gasteiger partial charge is 0.367 e. The van der Waals surface area contributed by atoms with Crippen LogP contribution in [0.4, 0.5) is 5.82 Å². The number of aryl methyl sites for hydroxylation is 1. The minimum atomic E-state index is 0.661. The van der Waals surface area contributed by atoms with Gasteiger partial charge in [0.05, 0.1) is 5.69 Å². The third-order valence-electron chi connectivity index (χ3n) is 2.72. The van der Waals surface area contributed by atoms with Crippen LogP contribution >= 0.6 is 0 Å². The molecule has 0 saturated heterocycles. The van der Waals surface area contributed by atoms with Crippen LogP contribution in [0.3, 0.4) is 0 Å². The van der Waals surface area contributed by atoms with Gasteiger partial charge in [0.2, 0.25) is 0 Å². The minimum Gasteiger partial charge on any atom is -0.367 e. The second-order valence-corrected chi connectivity index (χ2v) is 4.07. The highest BCUT2D eigenvalue weighted by Gasteiger charge is 2.25. The molecule has 2 heterocycles. The Kier molecular flexibility index (Phi) is 1.70. The van der Waals surface area contributed by atoms with E-state index < -0.39 is 0 Å². The topological polar surface area (TPSA) is 49.8 Å². The summed E-state index contributed by atoms with van der Waals surface area (Å²) >= 11 is 0. The molecule has 0 amide bonds. The first-order valence-corrected chi connectivity index (χ1v) is 5.16. The Balaban J connectivity index is 1.99. The quantitative estimate of drug-likeness (QED) is 0.729. The number of aromatic nitrogens is 2. The highest BCUT2D eigenvalue weighted by Crippen LogP contribution is 2.28. The van der Waals surface area contributed by atoms with Crippen molar-refractivity contribution in [3.63, 3.8) is 0 Å². The Morgan fingerprint density at radius 1 is 1.29 bits per heavy atom. The lowest BCUT2D eigenvalue weighted by molar-refractivity contribution is 0.757. The summed E-state index contributed by atoms with van der Waals surface area (Å²) in [6.07, 6.45) is 2.57. The van der Waals surface area contributed by atoms with E-state index in [0.29, 0.717) is 6.04 Å². The van der Waals surface area contributed by atoms with E-state index in [-0.39, 0.29) is 0 Å². The smallest absolute Gasteiger partial charge is 0.134 e. The first kappa shape index (κ1) is 8.17. The Labute approximate surface area is 83.1 Å². The van der Waals surface area contributed by atoms with Gasteiger partial charge >= 0.3 is 0 Å². The van der Waals surface area contributed by atoms with Crippen LogP contribution in [-0.4, -0.2) is 16.0 Å². The summed E-state index contributed by atoms with van der Waals surface area (Å²) in [4.78, 5) is 8.89. The van der Waals surface area contributed by atoms with E-state index in [9.17, 15) is 0 Å². The van der Waals surface area contributed by atoms with Gasteiger partial charge in [0.15, 0.2) is 0 Å². The van der Waals surface area contributed by atoms with Crippen molar-refractivity contribution in [1.82, 2.24) is 15.3 Å². The molecule has 1 aliphatic heterocycles. The summed E-state index contributed by atoms with van der Waals surface area (Å²) in [7, 11) is 0. The standard InChI is InChI=1S/C10H14N4/c1-6-12-9-5-11-4-8(9)10(13-6)14-7-2-3-7/h7,11H,2-5H2,1H3,(H,12,13,14). The molecule has 1 aromatic heterocycles. The van der Waals surface area contributed by atoms with Crippen LogP contribution in [0.25, 0.3) is 0 Å². The molecule has 2 aliphatic rings. The van der Waals surface area contributed by atoms with Gasteiger partial charge in [0, 0.05) is 24.7 Å². The molecule has 0 bridgehead atoms. The number of fused-ring (bicyclic) bond motifs is 1. The molecule has 0 unspecified atom stereocenters. The molecule has 1 aromatic rings. The SMILES string of the molecule is Cc1nc2c(c(NC3CC3)n1)CNC2. The van der Waals surface area contributed by atoms with Crippen LogP contribution in [-0.2, 0) is 13.1 Å². The zero-order chi connectivity index (χ0) is 9.54. The molecular weight excluding hydrogens is 176 g/mol. The molecule has 0 aromatic carbocycles. The molecule has 1 fully saturated rings. The van der Waals surface area contributed by atoms with Crippen molar-refractivity contribution in [3.05, 3.63) is 17.1 Å². The van der Waals surface area contributed by atoms with E-state index >= 15 is 0 Å². The molecule has 14 heavy (non-hydrogen) atoms. The number of rotatable bonds is 2. The van der Waals surface area contributed by atoms with Gasteiger partial charge in [0.1, 0.15) is 11.6 Å². The fraction of sp³-hybridized carbons (Fsp3) is 0.600. The molecule has 4 nitrogen and oxygen atoms in total. The van der Waals surface area contributed by atoms with Crippen LogP contribution < -0.4 is 10.6 Å². The minimum absolute atomic E-state index is 0.661. The molecule has 1 aliphatic carbocycles. The fourth-order valence-electron chi connectivity index (χ4n) is 1.83. The Hall–Kier alpha value is -1.16. The van der Waals surface area contributed by atoms with Crippen molar-refractivity contribution in [2.24, 2.45) is 0 Å².